The average molecular weight is 482 g/mol. The molecule has 4 aromatic carbocycles. The molecule has 0 unspecified atom stereocenters. The maximum absolute atomic E-state index is 13.0. The van der Waals surface area contributed by atoms with Crippen LogP contribution in [0.25, 0.3) is 16.8 Å². The number of halogens is 1. The van der Waals surface area contributed by atoms with E-state index in [2.05, 4.69) is 10.6 Å². The highest BCUT2D eigenvalue weighted by Gasteiger charge is 2.28. The number of hydrogen-bond acceptors (Lipinski definition) is 3. The lowest BCUT2D eigenvalue weighted by Gasteiger charge is -2.23. The van der Waals surface area contributed by atoms with Crippen LogP contribution in [0.2, 0.25) is 5.02 Å². The Morgan fingerprint density at radius 3 is 2.46 bits per heavy atom. The van der Waals surface area contributed by atoms with Gasteiger partial charge in [0.1, 0.15) is 6.42 Å². The standard InChI is InChI=1S/C28H20ClN3O3/c29-23-8-4-2-6-19(23)10-16-25(33)30-20-11-13-21(14-12-20)32-24-15-9-18-5-1-3-7-22(18)28(24)31-26(34)17-27(32)35/h1-16H,17H2,(H,30,33)(H,31,34)/b16-10+. The highest BCUT2D eigenvalue weighted by atomic mass is 35.5. The molecule has 1 aliphatic heterocycles. The monoisotopic (exact) mass is 481 g/mol. The van der Waals surface area contributed by atoms with Gasteiger partial charge in [-0.1, -0.05) is 60.1 Å². The third-order valence-corrected chi connectivity index (χ3v) is 6.03. The van der Waals surface area contributed by atoms with E-state index in [1.165, 1.54) is 11.0 Å². The van der Waals surface area contributed by atoms with Gasteiger partial charge >= 0.3 is 0 Å². The maximum Gasteiger partial charge on any atom is 0.248 e. The molecule has 5 rings (SSSR count). The summed E-state index contributed by atoms with van der Waals surface area (Å²) in [5, 5.41) is 8.06. The molecule has 0 spiro atoms. The van der Waals surface area contributed by atoms with Gasteiger partial charge in [-0.05, 0) is 53.4 Å². The Labute approximate surface area is 206 Å². The molecule has 0 saturated heterocycles. The van der Waals surface area contributed by atoms with Crippen molar-refractivity contribution in [3.05, 3.63) is 102 Å². The van der Waals surface area contributed by atoms with Crippen molar-refractivity contribution in [2.75, 3.05) is 15.5 Å². The summed E-state index contributed by atoms with van der Waals surface area (Å²) in [6.07, 6.45) is 2.79. The topological polar surface area (TPSA) is 78.5 Å². The molecule has 0 radical (unpaired) electrons. The molecule has 1 heterocycles. The predicted octanol–water partition coefficient (Wildman–Crippen LogP) is 6.15. The summed E-state index contributed by atoms with van der Waals surface area (Å²) in [4.78, 5) is 39.3. The number of amides is 3. The van der Waals surface area contributed by atoms with Gasteiger partial charge in [0.15, 0.2) is 0 Å². The van der Waals surface area contributed by atoms with Crippen LogP contribution in [-0.4, -0.2) is 17.7 Å². The zero-order valence-corrected chi connectivity index (χ0v) is 19.3. The smallest absolute Gasteiger partial charge is 0.248 e. The third kappa shape index (κ3) is 4.65. The Balaban J connectivity index is 1.41. The number of anilines is 4. The first-order chi connectivity index (χ1) is 17.0. The van der Waals surface area contributed by atoms with Crippen LogP contribution in [0, 0.1) is 0 Å². The Hall–Kier alpha value is -4.42. The molecule has 1 aliphatic rings. The van der Waals surface area contributed by atoms with Gasteiger partial charge in [0, 0.05) is 27.9 Å². The van der Waals surface area contributed by atoms with E-state index < -0.39 is 0 Å². The van der Waals surface area contributed by atoms with Gasteiger partial charge in [0.2, 0.25) is 17.7 Å². The van der Waals surface area contributed by atoms with E-state index in [9.17, 15) is 14.4 Å². The zero-order valence-electron chi connectivity index (χ0n) is 18.5. The molecule has 35 heavy (non-hydrogen) atoms. The molecule has 7 heteroatoms. The van der Waals surface area contributed by atoms with E-state index in [-0.39, 0.29) is 24.1 Å². The molecule has 0 bridgehead atoms. The van der Waals surface area contributed by atoms with Crippen LogP contribution in [-0.2, 0) is 14.4 Å². The fourth-order valence-corrected chi connectivity index (χ4v) is 4.25. The summed E-state index contributed by atoms with van der Waals surface area (Å²) in [5.74, 6) is -1.00. The lowest BCUT2D eigenvalue weighted by molar-refractivity contribution is -0.124. The number of carbonyl (C=O) groups excluding carboxylic acids is 3. The van der Waals surface area contributed by atoms with Crippen LogP contribution in [0.1, 0.15) is 12.0 Å². The number of nitrogens with one attached hydrogen (secondary N) is 2. The molecule has 172 valence electrons. The largest absolute Gasteiger partial charge is 0.323 e. The summed E-state index contributed by atoms with van der Waals surface area (Å²) < 4.78 is 0. The van der Waals surface area contributed by atoms with Crippen LogP contribution < -0.4 is 15.5 Å². The van der Waals surface area contributed by atoms with Crippen LogP contribution in [0.4, 0.5) is 22.7 Å². The van der Waals surface area contributed by atoms with Gasteiger partial charge in [0.05, 0.1) is 11.4 Å². The second-order valence-electron chi connectivity index (χ2n) is 8.03. The molecule has 0 saturated carbocycles. The first kappa shape index (κ1) is 22.4. The summed E-state index contributed by atoms with van der Waals surface area (Å²) >= 11 is 6.12. The van der Waals surface area contributed by atoms with E-state index in [1.54, 1.807) is 36.4 Å². The molecular formula is C28H20ClN3O3. The predicted molar refractivity (Wildman–Crippen MR) is 140 cm³/mol. The molecule has 6 nitrogen and oxygen atoms in total. The van der Waals surface area contributed by atoms with Gasteiger partial charge in [-0.3, -0.25) is 19.3 Å². The van der Waals surface area contributed by atoms with Crippen molar-refractivity contribution in [3.8, 4) is 0 Å². The lowest BCUT2D eigenvalue weighted by atomic mass is 10.1. The van der Waals surface area contributed by atoms with Crippen molar-refractivity contribution in [1.29, 1.82) is 0 Å². The van der Waals surface area contributed by atoms with Crippen molar-refractivity contribution < 1.29 is 14.4 Å². The number of carbonyl (C=O) groups is 3. The summed E-state index contributed by atoms with van der Waals surface area (Å²) in [7, 11) is 0. The molecule has 0 fully saturated rings. The van der Waals surface area contributed by atoms with E-state index in [1.807, 2.05) is 54.6 Å². The van der Waals surface area contributed by atoms with Crippen molar-refractivity contribution in [2.24, 2.45) is 0 Å². The van der Waals surface area contributed by atoms with Crippen molar-refractivity contribution in [3.63, 3.8) is 0 Å². The quantitative estimate of drug-likeness (QED) is 0.271. The third-order valence-electron chi connectivity index (χ3n) is 5.69. The Morgan fingerprint density at radius 1 is 0.914 bits per heavy atom. The number of rotatable bonds is 4. The highest BCUT2D eigenvalue weighted by molar-refractivity contribution is 6.32. The SMILES string of the molecule is O=C(/C=C/c1ccccc1Cl)Nc1ccc(N2C(=O)CC(=O)Nc3c2ccc2ccccc32)cc1. The minimum atomic E-state index is -0.357. The van der Waals surface area contributed by atoms with E-state index in [4.69, 9.17) is 11.6 Å². The van der Waals surface area contributed by atoms with Gasteiger partial charge in [-0.15, -0.1) is 0 Å². The molecule has 0 aliphatic carbocycles. The number of benzene rings is 4. The van der Waals surface area contributed by atoms with E-state index >= 15 is 0 Å². The fourth-order valence-electron chi connectivity index (χ4n) is 4.05. The van der Waals surface area contributed by atoms with Gasteiger partial charge < -0.3 is 10.6 Å². The summed E-state index contributed by atoms with van der Waals surface area (Å²) in [6.45, 7) is 0. The van der Waals surface area contributed by atoms with Crippen molar-refractivity contribution in [1.82, 2.24) is 0 Å². The molecule has 2 N–H and O–H groups in total. The molecular weight excluding hydrogens is 462 g/mol. The van der Waals surface area contributed by atoms with Gasteiger partial charge in [-0.2, -0.15) is 0 Å². The fraction of sp³-hybridized carbons (Fsp3) is 0.0357. The normalized spacial score (nSPS) is 13.5. The van der Waals surface area contributed by atoms with Crippen LogP contribution >= 0.6 is 11.6 Å². The van der Waals surface area contributed by atoms with Crippen LogP contribution in [0.3, 0.4) is 0 Å². The summed E-state index contributed by atoms with van der Waals surface area (Å²) in [5.41, 5.74) is 3.10. The summed E-state index contributed by atoms with van der Waals surface area (Å²) in [6, 6.07) is 25.6. The molecule has 3 amide bonds. The van der Waals surface area contributed by atoms with E-state index in [0.29, 0.717) is 27.8 Å². The zero-order chi connectivity index (χ0) is 24.4. The maximum atomic E-state index is 13.0. The van der Waals surface area contributed by atoms with Gasteiger partial charge in [-0.25, -0.2) is 0 Å². The number of nitrogens with zero attached hydrogens (tertiary/aromatic N) is 1. The van der Waals surface area contributed by atoms with Crippen molar-refractivity contribution in [2.45, 2.75) is 6.42 Å². The van der Waals surface area contributed by atoms with E-state index in [0.717, 1.165) is 16.3 Å². The number of fused-ring (bicyclic) bond motifs is 3. The minimum Gasteiger partial charge on any atom is -0.323 e. The Morgan fingerprint density at radius 2 is 1.66 bits per heavy atom. The Kier molecular flexibility index (Phi) is 6.04. The van der Waals surface area contributed by atoms with Crippen LogP contribution in [0.5, 0.6) is 0 Å². The van der Waals surface area contributed by atoms with Crippen LogP contribution in [0.15, 0.2) is 91.0 Å². The Bertz CT molecular complexity index is 1500. The molecule has 4 aromatic rings. The molecule has 0 aromatic heterocycles. The second kappa shape index (κ2) is 9.44. The first-order valence-corrected chi connectivity index (χ1v) is 11.4. The second-order valence-corrected chi connectivity index (χ2v) is 8.43. The van der Waals surface area contributed by atoms with Crippen molar-refractivity contribution >= 4 is 68.9 Å². The van der Waals surface area contributed by atoms with Gasteiger partial charge in [0.25, 0.3) is 0 Å². The highest BCUT2D eigenvalue weighted by Crippen LogP contribution is 2.40. The average Bonchev–Trinajstić information content (AvgIpc) is 2.98. The first-order valence-electron chi connectivity index (χ1n) is 11.0. The minimum absolute atomic E-state index is 0.270. The number of hydrogen-bond donors (Lipinski definition) is 2. The lowest BCUT2D eigenvalue weighted by Crippen LogP contribution is -2.26. The molecule has 0 atom stereocenters.